The van der Waals surface area contributed by atoms with Gasteiger partial charge in [0, 0.05) is 35.0 Å². The number of nitrogens with two attached hydrogens (primary N) is 2. The third-order valence-electron chi connectivity index (χ3n) is 4.21. The first-order valence-corrected chi connectivity index (χ1v) is 8.38. The van der Waals surface area contributed by atoms with Crippen LogP contribution in [0.15, 0.2) is 30.6 Å². The maximum absolute atomic E-state index is 6.14. The number of hydrogen-bond donors (Lipinski definition) is 2. The molecule has 0 bridgehead atoms. The van der Waals surface area contributed by atoms with E-state index in [4.69, 9.17) is 20.9 Å². The van der Waals surface area contributed by atoms with Gasteiger partial charge in [0.1, 0.15) is 24.2 Å². The highest BCUT2D eigenvalue weighted by atomic mass is 16.5. The second kappa shape index (κ2) is 6.69. The molecule has 128 valence electrons. The molecule has 5 heteroatoms. The Morgan fingerprint density at radius 3 is 2.83 bits per heavy atom. The van der Waals surface area contributed by atoms with Gasteiger partial charge in [-0.1, -0.05) is 13.8 Å². The Balaban J connectivity index is 1.83. The summed E-state index contributed by atoms with van der Waals surface area (Å²) in [7, 11) is 0. The average molecular weight is 327 g/mol. The van der Waals surface area contributed by atoms with Gasteiger partial charge in [-0.2, -0.15) is 0 Å². The maximum Gasteiger partial charge on any atom is 0.131 e. The van der Waals surface area contributed by atoms with Crippen LogP contribution in [0.25, 0.3) is 11.1 Å². The number of benzene rings is 1. The summed E-state index contributed by atoms with van der Waals surface area (Å²) in [4.78, 5) is 4.17. The van der Waals surface area contributed by atoms with Gasteiger partial charge in [0.25, 0.3) is 0 Å². The number of ether oxygens (including phenoxy) is 2. The van der Waals surface area contributed by atoms with Gasteiger partial charge in [0.05, 0.1) is 11.9 Å². The van der Waals surface area contributed by atoms with E-state index in [0.717, 1.165) is 34.6 Å². The van der Waals surface area contributed by atoms with Gasteiger partial charge in [0.15, 0.2) is 0 Å². The fourth-order valence-electron chi connectivity index (χ4n) is 3.14. The normalized spacial score (nSPS) is 17.0. The Morgan fingerprint density at radius 1 is 1.29 bits per heavy atom. The van der Waals surface area contributed by atoms with Crippen LogP contribution in [-0.2, 0) is 0 Å². The molecule has 0 spiro atoms. The van der Waals surface area contributed by atoms with Crippen LogP contribution in [0.5, 0.6) is 11.5 Å². The molecular formula is C19H25N3O2. The van der Waals surface area contributed by atoms with Gasteiger partial charge in [0.2, 0.25) is 0 Å². The van der Waals surface area contributed by atoms with Crippen molar-refractivity contribution in [1.82, 2.24) is 4.98 Å². The number of anilines is 1. The fraction of sp³-hybridized carbons (Fsp3) is 0.421. The molecule has 24 heavy (non-hydrogen) atoms. The molecule has 2 atom stereocenters. The summed E-state index contributed by atoms with van der Waals surface area (Å²) >= 11 is 0. The van der Waals surface area contributed by atoms with E-state index in [1.807, 2.05) is 31.3 Å². The quantitative estimate of drug-likeness (QED) is 0.877. The summed E-state index contributed by atoms with van der Waals surface area (Å²) in [6, 6.07) is 5.86. The van der Waals surface area contributed by atoms with E-state index < -0.39 is 0 Å². The topological polar surface area (TPSA) is 83.4 Å². The van der Waals surface area contributed by atoms with E-state index in [-0.39, 0.29) is 12.1 Å². The Kier molecular flexibility index (Phi) is 4.62. The van der Waals surface area contributed by atoms with E-state index in [1.165, 1.54) is 0 Å². The molecule has 2 heterocycles. The summed E-state index contributed by atoms with van der Waals surface area (Å²) in [6.45, 7) is 6.81. The second-order valence-electron chi connectivity index (χ2n) is 6.81. The zero-order valence-corrected chi connectivity index (χ0v) is 14.5. The highest BCUT2D eigenvalue weighted by Crippen LogP contribution is 2.45. The van der Waals surface area contributed by atoms with Crippen molar-refractivity contribution in [3.05, 3.63) is 36.2 Å². The number of pyridine rings is 1. The SMILES string of the molecule is CC(C)CC(N)COc1ccc2c(c1)OC(C)c1cncc(N)c1-2. The van der Waals surface area contributed by atoms with Crippen molar-refractivity contribution >= 4 is 5.69 Å². The summed E-state index contributed by atoms with van der Waals surface area (Å²) in [5, 5.41) is 0. The highest BCUT2D eigenvalue weighted by molar-refractivity contribution is 5.84. The molecule has 0 saturated heterocycles. The zero-order chi connectivity index (χ0) is 17.3. The molecule has 0 aliphatic carbocycles. The van der Waals surface area contributed by atoms with Crippen LogP contribution in [0.2, 0.25) is 0 Å². The second-order valence-corrected chi connectivity index (χ2v) is 6.81. The van der Waals surface area contributed by atoms with Crippen LogP contribution in [0.1, 0.15) is 38.9 Å². The summed E-state index contributed by atoms with van der Waals surface area (Å²) < 4.78 is 11.9. The summed E-state index contributed by atoms with van der Waals surface area (Å²) in [6.07, 6.45) is 4.34. The molecule has 0 amide bonds. The van der Waals surface area contributed by atoms with Crippen molar-refractivity contribution in [1.29, 1.82) is 0 Å². The predicted octanol–water partition coefficient (Wildman–Crippen LogP) is 3.54. The molecule has 1 aromatic heterocycles. The van der Waals surface area contributed by atoms with Crippen molar-refractivity contribution in [2.24, 2.45) is 11.7 Å². The van der Waals surface area contributed by atoms with Crippen molar-refractivity contribution in [3.63, 3.8) is 0 Å². The van der Waals surface area contributed by atoms with Crippen LogP contribution in [0.4, 0.5) is 5.69 Å². The van der Waals surface area contributed by atoms with Gasteiger partial charge in [-0.3, -0.25) is 4.98 Å². The Morgan fingerprint density at radius 2 is 2.08 bits per heavy atom. The van der Waals surface area contributed by atoms with E-state index in [9.17, 15) is 0 Å². The smallest absolute Gasteiger partial charge is 0.131 e. The molecule has 1 aliphatic heterocycles. The first-order valence-electron chi connectivity index (χ1n) is 8.38. The van der Waals surface area contributed by atoms with E-state index in [0.29, 0.717) is 18.2 Å². The number of hydrogen-bond acceptors (Lipinski definition) is 5. The van der Waals surface area contributed by atoms with Gasteiger partial charge in [-0.05, 0) is 31.4 Å². The maximum atomic E-state index is 6.14. The lowest BCUT2D eigenvalue weighted by molar-refractivity contribution is 0.220. The fourth-order valence-corrected chi connectivity index (χ4v) is 3.14. The third kappa shape index (κ3) is 3.31. The van der Waals surface area contributed by atoms with Crippen molar-refractivity contribution in [2.75, 3.05) is 12.3 Å². The summed E-state index contributed by atoms with van der Waals surface area (Å²) in [5.41, 5.74) is 15.9. The third-order valence-corrected chi connectivity index (χ3v) is 4.21. The van der Waals surface area contributed by atoms with E-state index >= 15 is 0 Å². The molecule has 0 radical (unpaired) electrons. The number of nitrogens with zero attached hydrogens (tertiary/aromatic N) is 1. The van der Waals surface area contributed by atoms with Crippen molar-refractivity contribution in [3.8, 4) is 22.6 Å². The van der Waals surface area contributed by atoms with Gasteiger partial charge in [-0.25, -0.2) is 0 Å². The lowest BCUT2D eigenvalue weighted by Gasteiger charge is -2.27. The molecule has 2 unspecified atom stereocenters. The largest absolute Gasteiger partial charge is 0.492 e. The van der Waals surface area contributed by atoms with Crippen LogP contribution >= 0.6 is 0 Å². The first kappa shape index (κ1) is 16.6. The number of nitrogen functional groups attached to an aromatic ring is 1. The highest BCUT2D eigenvalue weighted by Gasteiger charge is 2.25. The van der Waals surface area contributed by atoms with E-state index in [1.54, 1.807) is 6.20 Å². The van der Waals surface area contributed by atoms with Crippen molar-refractivity contribution < 1.29 is 9.47 Å². The predicted molar refractivity (Wildman–Crippen MR) is 96.1 cm³/mol. The molecule has 5 nitrogen and oxygen atoms in total. The molecule has 3 rings (SSSR count). The van der Waals surface area contributed by atoms with Crippen LogP contribution in [0.3, 0.4) is 0 Å². The molecular weight excluding hydrogens is 302 g/mol. The monoisotopic (exact) mass is 327 g/mol. The average Bonchev–Trinajstić information content (AvgIpc) is 2.52. The molecule has 2 aromatic rings. The lowest BCUT2D eigenvalue weighted by Crippen LogP contribution is -2.29. The Labute approximate surface area is 143 Å². The molecule has 4 N–H and O–H groups in total. The van der Waals surface area contributed by atoms with Crippen LogP contribution < -0.4 is 20.9 Å². The number of rotatable bonds is 5. The molecule has 0 saturated carbocycles. The summed E-state index contributed by atoms with van der Waals surface area (Å²) in [5.74, 6) is 2.10. The Bertz CT molecular complexity index is 731. The van der Waals surface area contributed by atoms with Gasteiger partial charge < -0.3 is 20.9 Å². The zero-order valence-electron chi connectivity index (χ0n) is 14.5. The standard InChI is InChI=1S/C19H25N3O2/c1-11(2)6-13(20)10-23-14-4-5-15-18(7-14)24-12(3)16-8-22-9-17(21)19(15)16/h4-5,7-9,11-13H,6,10,20-21H2,1-3H3. The number of fused-ring (bicyclic) bond motifs is 3. The van der Waals surface area contributed by atoms with Crippen LogP contribution in [0, 0.1) is 5.92 Å². The molecule has 0 fully saturated rings. The Hall–Kier alpha value is -2.27. The minimum atomic E-state index is -0.0954. The number of aromatic nitrogens is 1. The van der Waals surface area contributed by atoms with Gasteiger partial charge in [-0.15, -0.1) is 0 Å². The van der Waals surface area contributed by atoms with Crippen molar-refractivity contribution in [2.45, 2.75) is 39.3 Å². The molecule has 1 aromatic carbocycles. The minimum absolute atomic E-state index is 0.0309. The minimum Gasteiger partial charge on any atom is -0.492 e. The molecule has 1 aliphatic rings. The van der Waals surface area contributed by atoms with Crippen LogP contribution in [-0.4, -0.2) is 17.6 Å². The first-order chi connectivity index (χ1) is 11.5. The lowest BCUT2D eigenvalue weighted by atomic mass is 9.94. The van der Waals surface area contributed by atoms with E-state index in [2.05, 4.69) is 18.8 Å². The van der Waals surface area contributed by atoms with Gasteiger partial charge >= 0.3 is 0 Å².